The summed E-state index contributed by atoms with van der Waals surface area (Å²) in [7, 11) is 7.62. The van der Waals surface area contributed by atoms with E-state index in [4.69, 9.17) is 4.74 Å². The van der Waals surface area contributed by atoms with Gasteiger partial charge in [-0.3, -0.25) is 4.90 Å². The highest BCUT2D eigenvalue weighted by atomic mass is 16.5. The second kappa shape index (κ2) is 6.94. The first-order chi connectivity index (χ1) is 9.98. The van der Waals surface area contributed by atoms with Gasteiger partial charge in [0.2, 0.25) is 0 Å². The summed E-state index contributed by atoms with van der Waals surface area (Å²) in [4.78, 5) is 20.8. The van der Waals surface area contributed by atoms with Crippen LogP contribution in [0.4, 0.5) is 4.79 Å². The van der Waals surface area contributed by atoms with Gasteiger partial charge in [0.1, 0.15) is 0 Å². The van der Waals surface area contributed by atoms with Crippen LogP contribution >= 0.6 is 0 Å². The first-order valence-electron chi connectivity index (χ1n) is 7.87. The third-order valence-corrected chi connectivity index (χ3v) is 4.90. The van der Waals surface area contributed by atoms with Crippen LogP contribution in [0.5, 0.6) is 0 Å². The molecular formula is C15H30N4O2. The van der Waals surface area contributed by atoms with Crippen molar-refractivity contribution in [3.8, 4) is 0 Å². The van der Waals surface area contributed by atoms with Crippen LogP contribution in [0.1, 0.15) is 12.8 Å². The maximum atomic E-state index is 12.1. The molecule has 1 spiro atoms. The number of urea groups is 1. The average molecular weight is 298 g/mol. The Morgan fingerprint density at radius 1 is 1.19 bits per heavy atom. The number of hydrogen-bond acceptors (Lipinski definition) is 4. The van der Waals surface area contributed by atoms with E-state index in [1.54, 1.807) is 12.0 Å². The zero-order valence-electron chi connectivity index (χ0n) is 14.0. The van der Waals surface area contributed by atoms with E-state index in [0.29, 0.717) is 0 Å². The molecule has 0 radical (unpaired) electrons. The standard InChI is InChI=1S/C15H30N4O2/c1-16(2)14(20)18-7-5-15(6-8-18)13-17(3)9-10-19(15)11-12-21-4/h5-13H2,1-4H3. The van der Waals surface area contributed by atoms with Crippen LogP contribution in [0.15, 0.2) is 0 Å². The van der Waals surface area contributed by atoms with E-state index in [1.807, 2.05) is 19.0 Å². The van der Waals surface area contributed by atoms with Crippen LogP contribution in [0.3, 0.4) is 0 Å². The maximum Gasteiger partial charge on any atom is 0.319 e. The number of ether oxygens (including phenoxy) is 1. The number of amides is 2. The van der Waals surface area contributed by atoms with Crippen LogP contribution in [-0.4, -0.2) is 105 Å². The molecule has 0 aromatic heterocycles. The molecule has 122 valence electrons. The Morgan fingerprint density at radius 3 is 2.43 bits per heavy atom. The summed E-state index contributed by atoms with van der Waals surface area (Å²) in [5, 5.41) is 0. The fraction of sp³-hybridized carbons (Fsp3) is 0.933. The van der Waals surface area contributed by atoms with Gasteiger partial charge in [-0.15, -0.1) is 0 Å². The number of nitrogens with zero attached hydrogens (tertiary/aromatic N) is 4. The van der Waals surface area contributed by atoms with E-state index >= 15 is 0 Å². The molecule has 0 saturated carbocycles. The first kappa shape index (κ1) is 16.5. The van der Waals surface area contributed by atoms with Crippen molar-refractivity contribution in [2.45, 2.75) is 18.4 Å². The number of carbonyl (C=O) groups is 1. The van der Waals surface area contributed by atoms with Gasteiger partial charge in [-0.25, -0.2) is 4.79 Å². The summed E-state index contributed by atoms with van der Waals surface area (Å²) < 4.78 is 5.27. The molecule has 2 aliphatic heterocycles. The lowest BCUT2D eigenvalue weighted by Crippen LogP contribution is -2.66. The summed E-state index contributed by atoms with van der Waals surface area (Å²) in [6.07, 6.45) is 2.11. The molecule has 2 amide bonds. The quantitative estimate of drug-likeness (QED) is 0.756. The predicted octanol–water partition coefficient (Wildman–Crippen LogP) is 0.396. The van der Waals surface area contributed by atoms with E-state index < -0.39 is 0 Å². The van der Waals surface area contributed by atoms with E-state index in [2.05, 4.69) is 16.8 Å². The molecule has 21 heavy (non-hydrogen) atoms. The molecule has 0 N–H and O–H groups in total. The summed E-state index contributed by atoms with van der Waals surface area (Å²) in [5.41, 5.74) is 0.217. The lowest BCUT2D eigenvalue weighted by Gasteiger charge is -2.53. The monoisotopic (exact) mass is 298 g/mol. The lowest BCUT2D eigenvalue weighted by molar-refractivity contribution is -0.0396. The summed E-state index contributed by atoms with van der Waals surface area (Å²) in [6, 6.07) is 0.137. The molecule has 0 aliphatic carbocycles. The van der Waals surface area contributed by atoms with Crippen LogP contribution in [0.2, 0.25) is 0 Å². The maximum absolute atomic E-state index is 12.1. The Balaban J connectivity index is 2.01. The van der Waals surface area contributed by atoms with Gasteiger partial charge < -0.3 is 19.4 Å². The Bertz CT molecular complexity index is 352. The van der Waals surface area contributed by atoms with E-state index in [-0.39, 0.29) is 11.6 Å². The van der Waals surface area contributed by atoms with Crippen LogP contribution in [-0.2, 0) is 4.74 Å². The van der Waals surface area contributed by atoms with E-state index in [0.717, 1.165) is 58.7 Å². The summed E-state index contributed by atoms with van der Waals surface area (Å²) in [5.74, 6) is 0. The van der Waals surface area contributed by atoms with E-state index in [1.165, 1.54) is 0 Å². The topological polar surface area (TPSA) is 39.3 Å². The third-order valence-electron chi connectivity index (χ3n) is 4.90. The van der Waals surface area contributed by atoms with Crippen molar-refractivity contribution >= 4 is 6.03 Å². The summed E-state index contributed by atoms with van der Waals surface area (Å²) in [6.45, 7) is 6.80. The third kappa shape index (κ3) is 3.67. The van der Waals surface area contributed by atoms with Gasteiger partial charge in [-0.1, -0.05) is 0 Å². The van der Waals surface area contributed by atoms with Gasteiger partial charge >= 0.3 is 6.03 Å². The van der Waals surface area contributed by atoms with Gasteiger partial charge in [0.05, 0.1) is 6.61 Å². The minimum atomic E-state index is 0.137. The van der Waals surface area contributed by atoms with Crippen LogP contribution < -0.4 is 0 Å². The number of rotatable bonds is 3. The zero-order chi connectivity index (χ0) is 15.5. The van der Waals surface area contributed by atoms with Gasteiger partial charge in [0, 0.05) is 66.0 Å². The highest BCUT2D eigenvalue weighted by molar-refractivity contribution is 5.73. The zero-order valence-corrected chi connectivity index (χ0v) is 14.0. The van der Waals surface area contributed by atoms with Crippen molar-refractivity contribution < 1.29 is 9.53 Å². The minimum Gasteiger partial charge on any atom is -0.383 e. The number of piperazine rings is 1. The Hall–Kier alpha value is -0.850. The minimum absolute atomic E-state index is 0.137. The summed E-state index contributed by atoms with van der Waals surface area (Å²) >= 11 is 0. The second-order valence-electron chi connectivity index (χ2n) is 6.61. The molecule has 2 saturated heterocycles. The Labute approximate surface area is 128 Å². The van der Waals surface area contributed by atoms with Gasteiger partial charge in [-0.05, 0) is 19.9 Å². The fourth-order valence-corrected chi connectivity index (χ4v) is 3.63. The number of likely N-dealkylation sites (tertiary alicyclic amines) is 1. The van der Waals surface area contributed by atoms with Crippen molar-refractivity contribution in [3.63, 3.8) is 0 Å². The number of likely N-dealkylation sites (N-methyl/N-ethyl adjacent to an activating group) is 1. The number of piperidine rings is 1. The predicted molar refractivity (Wildman–Crippen MR) is 83.6 cm³/mol. The molecule has 0 atom stereocenters. The lowest BCUT2D eigenvalue weighted by atomic mass is 9.83. The molecule has 2 aliphatic rings. The highest BCUT2D eigenvalue weighted by Crippen LogP contribution is 2.32. The number of carbonyl (C=O) groups excluding carboxylic acids is 1. The molecule has 0 unspecified atom stereocenters. The normalized spacial score (nSPS) is 23.5. The molecule has 2 heterocycles. The SMILES string of the molecule is COCCN1CCN(C)CC12CCN(C(=O)N(C)C)CC2. The molecule has 2 fully saturated rings. The first-order valence-corrected chi connectivity index (χ1v) is 7.87. The van der Waals surface area contributed by atoms with Gasteiger partial charge in [-0.2, -0.15) is 0 Å². The fourth-order valence-electron chi connectivity index (χ4n) is 3.63. The Kier molecular flexibility index (Phi) is 5.46. The molecular weight excluding hydrogens is 268 g/mol. The molecule has 0 bridgehead atoms. The molecule has 0 aromatic rings. The van der Waals surface area contributed by atoms with Crippen LogP contribution in [0.25, 0.3) is 0 Å². The highest BCUT2D eigenvalue weighted by Gasteiger charge is 2.43. The molecule has 6 heteroatoms. The molecule has 0 aromatic carbocycles. The molecule has 2 rings (SSSR count). The van der Waals surface area contributed by atoms with Crippen LogP contribution in [0, 0.1) is 0 Å². The van der Waals surface area contributed by atoms with Crippen molar-refractivity contribution in [2.75, 3.05) is 74.1 Å². The van der Waals surface area contributed by atoms with E-state index in [9.17, 15) is 4.79 Å². The number of hydrogen-bond donors (Lipinski definition) is 0. The smallest absolute Gasteiger partial charge is 0.319 e. The number of methoxy groups -OCH3 is 1. The van der Waals surface area contributed by atoms with Gasteiger partial charge in [0.25, 0.3) is 0 Å². The van der Waals surface area contributed by atoms with Crippen molar-refractivity contribution in [3.05, 3.63) is 0 Å². The van der Waals surface area contributed by atoms with Crippen molar-refractivity contribution in [1.82, 2.24) is 19.6 Å². The van der Waals surface area contributed by atoms with Gasteiger partial charge in [0.15, 0.2) is 0 Å². The van der Waals surface area contributed by atoms with Crippen molar-refractivity contribution in [2.24, 2.45) is 0 Å². The van der Waals surface area contributed by atoms with Crippen molar-refractivity contribution in [1.29, 1.82) is 0 Å². The average Bonchev–Trinajstić information content (AvgIpc) is 2.46. The second-order valence-corrected chi connectivity index (χ2v) is 6.61. The largest absolute Gasteiger partial charge is 0.383 e. The Morgan fingerprint density at radius 2 is 1.86 bits per heavy atom. The molecule has 6 nitrogen and oxygen atoms in total.